The summed E-state index contributed by atoms with van der Waals surface area (Å²) in [6.45, 7) is 0. The Balaban J connectivity index is 2.91. The first-order chi connectivity index (χ1) is 5.81. The number of nitrogens with zero attached hydrogens (tertiary/aromatic N) is 2. The minimum atomic E-state index is 0.523. The highest BCUT2D eigenvalue weighted by atomic mass is 35.5. The van der Waals surface area contributed by atoms with Gasteiger partial charge in [0.05, 0.1) is 17.3 Å². The smallest absolute Gasteiger partial charge is 0.101 e. The maximum atomic E-state index is 8.72. The number of benzene rings is 1. The van der Waals surface area contributed by atoms with Gasteiger partial charge in [0.15, 0.2) is 0 Å². The highest BCUT2D eigenvalue weighted by molar-refractivity contribution is 6.31. The van der Waals surface area contributed by atoms with Gasteiger partial charge >= 0.3 is 0 Å². The Labute approximate surface area is 73.6 Å². The van der Waals surface area contributed by atoms with E-state index in [0.717, 1.165) is 10.9 Å². The van der Waals surface area contributed by atoms with Crippen molar-refractivity contribution in [3.05, 3.63) is 28.9 Å². The van der Waals surface area contributed by atoms with Gasteiger partial charge in [-0.3, -0.25) is 5.10 Å². The Morgan fingerprint density at radius 1 is 1.50 bits per heavy atom. The van der Waals surface area contributed by atoms with Crippen LogP contribution in [0.15, 0.2) is 18.3 Å². The maximum absolute atomic E-state index is 8.72. The molecule has 0 spiro atoms. The van der Waals surface area contributed by atoms with E-state index in [1.165, 1.54) is 0 Å². The summed E-state index contributed by atoms with van der Waals surface area (Å²) in [6, 6.07) is 5.42. The second-order valence-electron chi connectivity index (χ2n) is 2.40. The molecule has 0 aliphatic heterocycles. The van der Waals surface area contributed by atoms with Crippen molar-refractivity contribution in [3.63, 3.8) is 0 Å². The number of nitrogens with one attached hydrogen (secondary N) is 1. The lowest BCUT2D eigenvalue weighted by Crippen LogP contribution is -1.78. The summed E-state index contributed by atoms with van der Waals surface area (Å²) >= 11 is 5.77. The van der Waals surface area contributed by atoms with Crippen LogP contribution >= 0.6 is 11.6 Å². The zero-order valence-electron chi connectivity index (χ0n) is 6.00. The van der Waals surface area contributed by atoms with Crippen LogP contribution < -0.4 is 0 Å². The van der Waals surface area contributed by atoms with E-state index >= 15 is 0 Å². The second kappa shape index (κ2) is 2.50. The molecule has 0 bridgehead atoms. The predicted octanol–water partition coefficient (Wildman–Crippen LogP) is 2.09. The van der Waals surface area contributed by atoms with Crippen LogP contribution in [0.25, 0.3) is 10.9 Å². The van der Waals surface area contributed by atoms with Gasteiger partial charge in [-0.15, -0.1) is 0 Å². The molecule has 0 fully saturated rings. The third-order valence-electron chi connectivity index (χ3n) is 1.63. The topological polar surface area (TPSA) is 52.5 Å². The van der Waals surface area contributed by atoms with E-state index in [4.69, 9.17) is 16.9 Å². The van der Waals surface area contributed by atoms with Crippen molar-refractivity contribution in [2.45, 2.75) is 0 Å². The van der Waals surface area contributed by atoms with Gasteiger partial charge in [0.1, 0.15) is 6.07 Å². The minimum absolute atomic E-state index is 0.523. The van der Waals surface area contributed by atoms with Crippen LogP contribution in [0.3, 0.4) is 0 Å². The fraction of sp³-hybridized carbons (Fsp3) is 0. The van der Waals surface area contributed by atoms with Crippen molar-refractivity contribution >= 4 is 22.5 Å². The first-order valence-electron chi connectivity index (χ1n) is 3.34. The molecule has 0 amide bonds. The van der Waals surface area contributed by atoms with Crippen LogP contribution in [0.5, 0.6) is 0 Å². The number of aromatic nitrogens is 2. The Hall–Kier alpha value is -1.53. The van der Waals surface area contributed by atoms with Gasteiger partial charge in [0.2, 0.25) is 0 Å². The second-order valence-corrected chi connectivity index (χ2v) is 2.84. The first kappa shape index (κ1) is 7.14. The third kappa shape index (κ3) is 0.936. The Morgan fingerprint density at radius 3 is 3.08 bits per heavy atom. The lowest BCUT2D eigenvalue weighted by Gasteiger charge is -1.92. The molecule has 0 aliphatic rings. The number of nitriles is 1. The average Bonchev–Trinajstić information content (AvgIpc) is 2.50. The molecule has 58 valence electrons. The zero-order valence-corrected chi connectivity index (χ0v) is 6.76. The molecule has 12 heavy (non-hydrogen) atoms. The van der Waals surface area contributed by atoms with Crippen molar-refractivity contribution in [3.8, 4) is 6.07 Å². The quantitative estimate of drug-likeness (QED) is 0.670. The molecule has 0 aliphatic carbocycles. The highest BCUT2D eigenvalue weighted by Crippen LogP contribution is 2.20. The summed E-state index contributed by atoms with van der Waals surface area (Å²) in [5.41, 5.74) is 1.26. The van der Waals surface area contributed by atoms with Crippen LogP contribution in [0.4, 0.5) is 0 Å². The standard InChI is InChI=1S/C8H4ClN3/c9-7-1-5(3-10)8-6(2-7)4-11-12-8/h1-2,4H,(H,11,12). The largest absolute Gasteiger partial charge is 0.276 e. The van der Waals surface area contributed by atoms with E-state index in [1.54, 1.807) is 18.3 Å². The van der Waals surface area contributed by atoms with E-state index in [-0.39, 0.29) is 0 Å². The molecule has 0 atom stereocenters. The van der Waals surface area contributed by atoms with E-state index < -0.39 is 0 Å². The third-order valence-corrected chi connectivity index (χ3v) is 1.85. The van der Waals surface area contributed by atoms with Crippen LogP contribution in [0, 0.1) is 11.3 Å². The number of aromatic amines is 1. The van der Waals surface area contributed by atoms with Crippen molar-refractivity contribution in [2.24, 2.45) is 0 Å². The number of H-pyrrole nitrogens is 1. The van der Waals surface area contributed by atoms with Crippen molar-refractivity contribution < 1.29 is 0 Å². The van der Waals surface area contributed by atoms with Gasteiger partial charge in [-0.2, -0.15) is 10.4 Å². The molecule has 0 radical (unpaired) electrons. The lowest BCUT2D eigenvalue weighted by atomic mass is 10.2. The van der Waals surface area contributed by atoms with E-state index in [1.807, 2.05) is 6.07 Å². The summed E-state index contributed by atoms with van der Waals surface area (Å²) in [4.78, 5) is 0. The zero-order chi connectivity index (χ0) is 8.55. The van der Waals surface area contributed by atoms with Crippen LogP contribution in [-0.4, -0.2) is 10.2 Å². The van der Waals surface area contributed by atoms with Crippen molar-refractivity contribution in [2.75, 3.05) is 0 Å². The van der Waals surface area contributed by atoms with Gasteiger partial charge in [-0.05, 0) is 12.1 Å². The van der Waals surface area contributed by atoms with Gasteiger partial charge in [-0.25, -0.2) is 0 Å². The molecule has 2 aromatic rings. The molecule has 0 saturated carbocycles. The number of fused-ring (bicyclic) bond motifs is 1. The normalized spacial score (nSPS) is 10.0. The number of rotatable bonds is 0. The summed E-state index contributed by atoms with van der Waals surface area (Å²) in [6.07, 6.45) is 1.64. The molecule has 0 unspecified atom stereocenters. The van der Waals surface area contributed by atoms with Crippen LogP contribution in [-0.2, 0) is 0 Å². The lowest BCUT2D eigenvalue weighted by molar-refractivity contribution is 1.12. The van der Waals surface area contributed by atoms with Crippen LogP contribution in [0.2, 0.25) is 5.02 Å². The Morgan fingerprint density at radius 2 is 2.33 bits per heavy atom. The molecule has 0 saturated heterocycles. The SMILES string of the molecule is N#Cc1cc(Cl)cc2cn[nH]c12. The van der Waals surface area contributed by atoms with Crippen molar-refractivity contribution in [1.29, 1.82) is 5.26 Å². The highest BCUT2D eigenvalue weighted by Gasteiger charge is 2.03. The van der Waals surface area contributed by atoms with E-state index in [9.17, 15) is 0 Å². The predicted molar refractivity (Wildman–Crippen MR) is 45.8 cm³/mol. The number of hydrogen-bond acceptors (Lipinski definition) is 2. The molecule has 1 aromatic heterocycles. The minimum Gasteiger partial charge on any atom is -0.276 e. The molecule has 2 rings (SSSR count). The summed E-state index contributed by atoms with van der Waals surface area (Å²) < 4.78 is 0. The summed E-state index contributed by atoms with van der Waals surface area (Å²) in [7, 11) is 0. The Bertz CT molecular complexity index is 467. The number of hydrogen-bond donors (Lipinski definition) is 1. The fourth-order valence-electron chi connectivity index (χ4n) is 1.11. The average molecular weight is 178 g/mol. The maximum Gasteiger partial charge on any atom is 0.101 e. The van der Waals surface area contributed by atoms with Gasteiger partial charge < -0.3 is 0 Å². The molecular weight excluding hydrogens is 174 g/mol. The van der Waals surface area contributed by atoms with Gasteiger partial charge in [0, 0.05) is 10.4 Å². The van der Waals surface area contributed by atoms with E-state index in [2.05, 4.69) is 10.2 Å². The molecule has 4 heteroatoms. The summed E-state index contributed by atoms with van der Waals surface area (Å²) in [5.74, 6) is 0. The molecule has 1 aromatic carbocycles. The van der Waals surface area contributed by atoms with Gasteiger partial charge in [0.25, 0.3) is 0 Å². The molecule has 1 heterocycles. The van der Waals surface area contributed by atoms with Crippen molar-refractivity contribution in [1.82, 2.24) is 10.2 Å². The molecular formula is C8H4ClN3. The Kier molecular flexibility index (Phi) is 1.49. The van der Waals surface area contributed by atoms with Crippen LogP contribution in [0.1, 0.15) is 5.56 Å². The molecule has 3 nitrogen and oxygen atoms in total. The van der Waals surface area contributed by atoms with E-state index in [0.29, 0.717) is 10.6 Å². The first-order valence-corrected chi connectivity index (χ1v) is 3.72. The van der Waals surface area contributed by atoms with Gasteiger partial charge in [-0.1, -0.05) is 11.6 Å². The number of halogens is 1. The fourth-order valence-corrected chi connectivity index (χ4v) is 1.34. The summed E-state index contributed by atoms with van der Waals surface area (Å²) in [5, 5.41) is 16.7. The molecule has 1 N–H and O–H groups in total. The monoisotopic (exact) mass is 177 g/mol.